The normalized spacial score (nSPS) is 10.8. The van der Waals surface area contributed by atoms with Crippen LogP contribution in [0.25, 0.3) is 32.8 Å². The monoisotopic (exact) mass is 455 g/mol. The Hall–Kier alpha value is -4.23. The van der Waals surface area contributed by atoms with Gasteiger partial charge in [0.1, 0.15) is 22.1 Å². The molecule has 0 aliphatic rings. The van der Waals surface area contributed by atoms with Crippen molar-refractivity contribution in [2.24, 2.45) is 0 Å². The van der Waals surface area contributed by atoms with E-state index in [4.69, 9.17) is 13.9 Å². The van der Waals surface area contributed by atoms with Crippen LogP contribution in [0.1, 0.15) is 10.4 Å². The van der Waals surface area contributed by atoms with Crippen molar-refractivity contribution >= 4 is 28.3 Å². The minimum Gasteiger partial charge on any atom is -0.497 e. The van der Waals surface area contributed by atoms with E-state index in [0.717, 1.165) is 11.3 Å². The second-order valence-electron chi connectivity index (χ2n) is 7.17. The number of thiazole rings is 1. The number of hydrogen-bond acceptors (Lipinski definition) is 7. The van der Waals surface area contributed by atoms with E-state index < -0.39 is 11.6 Å². The lowest BCUT2D eigenvalue weighted by atomic mass is 10.1. The minimum absolute atomic E-state index is 0.270. The molecule has 6 nitrogen and oxygen atoms in total. The van der Waals surface area contributed by atoms with E-state index in [0.29, 0.717) is 32.9 Å². The van der Waals surface area contributed by atoms with Gasteiger partial charge in [-0.1, -0.05) is 36.4 Å². The molecule has 0 atom stereocenters. The summed E-state index contributed by atoms with van der Waals surface area (Å²) in [6.45, 7) is 0. The number of fused-ring (bicyclic) bond motifs is 1. The summed E-state index contributed by atoms with van der Waals surface area (Å²) in [4.78, 5) is 29.8. The number of carbonyl (C=O) groups excluding carboxylic acids is 1. The molecule has 0 saturated carbocycles. The first-order chi connectivity index (χ1) is 16.1. The molecule has 0 aliphatic heterocycles. The Morgan fingerprint density at radius 2 is 1.79 bits per heavy atom. The number of esters is 1. The average Bonchev–Trinajstić information content (AvgIpc) is 3.34. The molecule has 33 heavy (non-hydrogen) atoms. The molecule has 2 heterocycles. The molecule has 0 aliphatic carbocycles. The summed E-state index contributed by atoms with van der Waals surface area (Å²) >= 11 is 1.38. The van der Waals surface area contributed by atoms with Crippen LogP contribution < -0.4 is 15.1 Å². The second kappa shape index (κ2) is 8.72. The van der Waals surface area contributed by atoms with Gasteiger partial charge in [-0.05, 0) is 36.4 Å². The van der Waals surface area contributed by atoms with E-state index in [1.165, 1.54) is 24.5 Å². The highest BCUT2D eigenvalue weighted by Gasteiger charge is 2.15. The number of methoxy groups -OCH3 is 1. The van der Waals surface area contributed by atoms with E-state index in [-0.39, 0.29) is 5.75 Å². The van der Waals surface area contributed by atoms with Gasteiger partial charge in [-0.25, -0.2) is 14.6 Å². The number of nitrogens with zero attached hydrogens (tertiary/aromatic N) is 1. The molecule has 162 valence electrons. The fourth-order valence-electron chi connectivity index (χ4n) is 3.36. The first-order valence-electron chi connectivity index (χ1n) is 10.1. The van der Waals surface area contributed by atoms with Gasteiger partial charge in [0, 0.05) is 22.4 Å². The lowest BCUT2D eigenvalue weighted by Gasteiger charge is -2.07. The molecule has 0 unspecified atom stereocenters. The Morgan fingerprint density at radius 3 is 2.61 bits per heavy atom. The van der Waals surface area contributed by atoms with Crippen molar-refractivity contribution < 1.29 is 18.7 Å². The summed E-state index contributed by atoms with van der Waals surface area (Å²) < 4.78 is 16.1. The van der Waals surface area contributed by atoms with Crippen LogP contribution in [0.2, 0.25) is 0 Å². The first kappa shape index (κ1) is 20.7. The van der Waals surface area contributed by atoms with Gasteiger partial charge in [-0.15, -0.1) is 11.3 Å². The van der Waals surface area contributed by atoms with Gasteiger partial charge in [0.05, 0.1) is 23.9 Å². The molecule has 0 N–H and O–H groups in total. The van der Waals surface area contributed by atoms with Crippen LogP contribution in [0.3, 0.4) is 0 Å². The maximum absolute atomic E-state index is 12.7. The Morgan fingerprint density at radius 1 is 0.939 bits per heavy atom. The Bertz CT molecular complexity index is 1520. The number of benzene rings is 3. The predicted octanol–water partition coefficient (Wildman–Crippen LogP) is 5.81. The van der Waals surface area contributed by atoms with Crippen molar-refractivity contribution in [2.75, 3.05) is 7.11 Å². The highest BCUT2D eigenvalue weighted by molar-refractivity contribution is 7.13. The first-order valence-corrected chi connectivity index (χ1v) is 10.9. The summed E-state index contributed by atoms with van der Waals surface area (Å²) in [5, 5.41) is 3.19. The third-order valence-corrected chi connectivity index (χ3v) is 5.90. The molecule has 3 aromatic carbocycles. The van der Waals surface area contributed by atoms with Crippen molar-refractivity contribution in [1.29, 1.82) is 0 Å². The predicted molar refractivity (Wildman–Crippen MR) is 127 cm³/mol. The summed E-state index contributed by atoms with van der Waals surface area (Å²) in [6, 6.07) is 23.1. The van der Waals surface area contributed by atoms with Crippen LogP contribution in [0.4, 0.5) is 0 Å². The molecule has 2 aromatic heterocycles. The molecule has 5 aromatic rings. The van der Waals surface area contributed by atoms with Gasteiger partial charge in [-0.2, -0.15) is 0 Å². The Labute approximate surface area is 192 Å². The van der Waals surface area contributed by atoms with Gasteiger partial charge < -0.3 is 13.9 Å². The smallest absolute Gasteiger partial charge is 0.346 e. The summed E-state index contributed by atoms with van der Waals surface area (Å²) in [7, 11) is 1.53. The standard InChI is InChI=1S/C26H17NO5S/c1-30-19-9-5-8-18(12-19)25(28)31-20-11-10-17-13-21(26(29)32-23(17)14-20)24-27-22(15-33-24)16-6-3-2-4-7-16/h2-15H,1H3. The molecule has 0 radical (unpaired) electrons. The zero-order valence-corrected chi connectivity index (χ0v) is 18.3. The quantitative estimate of drug-likeness (QED) is 0.189. The van der Waals surface area contributed by atoms with Gasteiger partial charge in [0.2, 0.25) is 0 Å². The zero-order chi connectivity index (χ0) is 22.8. The summed E-state index contributed by atoms with van der Waals surface area (Å²) in [5.41, 5.74) is 2.33. The van der Waals surface area contributed by atoms with Gasteiger partial charge >= 0.3 is 11.6 Å². The van der Waals surface area contributed by atoms with Crippen LogP contribution in [0.15, 0.2) is 93.5 Å². The largest absolute Gasteiger partial charge is 0.497 e. The van der Waals surface area contributed by atoms with E-state index in [9.17, 15) is 9.59 Å². The fourth-order valence-corrected chi connectivity index (χ4v) is 4.19. The molecule has 7 heteroatoms. The van der Waals surface area contributed by atoms with Crippen LogP contribution in [-0.2, 0) is 0 Å². The zero-order valence-electron chi connectivity index (χ0n) is 17.5. The third kappa shape index (κ3) is 4.26. The Balaban J connectivity index is 1.43. The van der Waals surface area contributed by atoms with E-state index in [2.05, 4.69) is 4.98 Å². The number of rotatable bonds is 5. The van der Waals surface area contributed by atoms with Crippen molar-refractivity contribution in [3.63, 3.8) is 0 Å². The van der Waals surface area contributed by atoms with E-state index in [1.807, 2.05) is 35.7 Å². The van der Waals surface area contributed by atoms with Crippen molar-refractivity contribution in [2.45, 2.75) is 0 Å². The van der Waals surface area contributed by atoms with Crippen LogP contribution in [0, 0.1) is 0 Å². The summed E-state index contributed by atoms with van der Waals surface area (Å²) in [5.74, 6) is 0.286. The Kier molecular flexibility index (Phi) is 5.46. The molecule has 0 bridgehead atoms. The highest BCUT2D eigenvalue weighted by atomic mass is 32.1. The molecule has 0 amide bonds. The SMILES string of the molecule is COc1cccc(C(=O)Oc2ccc3cc(-c4nc(-c5ccccc5)cs4)c(=O)oc3c2)c1. The van der Waals surface area contributed by atoms with E-state index in [1.54, 1.807) is 42.5 Å². The molecular weight excluding hydrogens is 438 g/mol. The molecule has 5 rings (SSSR count). The number of ether oxygens (including phenoxy) is 2. The van der Waals surface area contributed by atoms with Crippen LogP contribution in [0.5, 0.6) is 11.5 Å². The van der Waals surface area contributed by atoms with Crippen LogP contribution >= 0.6 is 11.3 Å². The number of aromatic nitrogens is 1. The highest BCUT2D eigenvalue weighted by Crippen LogP contribution is 2.30. The van der Waals surface area contributed by atoms with Gasteiger partial charge in [0.15, 0.2) is 0 Å². The minimum atomic E-state index is -0.538. The second-order valence-corrected chi connectivity index (χ2v) is 8.03. The van der Waals surface area contributed by atoms with E-state index >= 15 is 0 Å². The molecule has 0 fully saturated rings. The van der Waals surface area contributed by atoms with Crippen molar-refractivity contribution in [3.05, 3.63) is 100 Å². The number of hydrogen-bond donors (Lipinski definition) is 0. The lowest BCUT2D eigenvalue weighted by molar-refractivity contribution is 0.0734. The molecule has 0 spiro atoms. The maximum Gasteiger partial charge on any atom is 0.346 e. The summed E-state index contributed by atoms with van der Waals surface area (Å²) in [6.07, 6.45) is 0. The molecular formula is C26H17NO5S. The van der Waals surface area contributed by atoms with Gasteiger partial charge in [0.25, 0.3) is 0 Å². The average molecular weight is 455 g/mol. The third-order valence-electron chi connectivity index (χ3n) is 5.03. The lowest BCUT2D eigenvalue weighted by Crippen LogP contribution is -2.08. The fraction of sp³-hybridized carbons (Fsp3) is 0.0385. The van der Waals surface area contributed by atoms with Crippen LogP contribution in [-0.4, -0.2) is 18.1 Å². The maximum atomic E-state index is 12.7. The van der Waals surface area contributed by atoms with Crippen molar-refractivity contribution in [1.82, 2.24) is 4.98 Å². The van der Waals surface area contributed by atoms with Crippen molar-refractivity contribution in [3.8, 4) is 33.3 Å². The topological polar surface area (TPSA) is 78.6 Å². The van der Waals surface area contributed by atoms with Gasteiger partial charge in [-0.3, -0.25) is 0 Å². The molecule has 0 saturated heterocycles. The number of carbonyl (C=O) groups is 1.